The number of cyclic esters (lactones) is 1. The monoisotopic (exact) mass is 210 g/mol. The fourth-order valence-electron chi connectivity index (χ4n) is 2.26. The van der Waals surface area contributed by atoms with Crippen LogP contribution in [0.4, 0.5) is 0 Å². The number of hydrogen-bond acceptors (Lipinski definition) is 4. The van der Waals surface area contributed by atoms with Gasteiger partial charge in [-0.05, 0) is 19.8 Å². The van der Waals surface area contributed by atoms with Gasteiger partial charge >= 0.3 is 11.9 Å². The average Bonchev–Trinajstić information content (AvgIpc) is 2.59. The second-order valence-electron chi connectivity index (χ2n) is 3.90. The van der Waals surface area contributed by atoms with Crippen LogP contribution in [0.25, 0.3) is 0 Å². The summed E-state index contributed by atoms with van der Waals surface area (Å²) < 4.78 is 9.97. The number of esters is 2. The van der Waals surface area contributed by atoms with Gasteiger partial charge < -0.3 is 9.47 Å². The van der Waals surface area contributed by atoms with E-state index in [1.807, 2.05) is 12.2 Å². The third-order valence-electron chi connectivity index (χ3n) is 3.14. The van der Waals surface area contributed by atoms with Gasteiger partial charge in [-0.25, -0.2) is 0 Å². The topological polar surface area (TPSA) is 52.6 Å². The van der Waals surface area contributed by atoms with Crippen molar-refractivity contribution in [3.63, 3.8) is 0 Å². The van der Waals surface area contributed by atoms with Crippen LogP contribution in [0.2, 0.25) is 0 Å². The minimum Gasteiger partial charge on any atom is -0.465 e. The summed E-state index contributed by atoms with van der Waals surface area (Å²) in [5.41, 5.74) is -1.05. The molecule has 15 heavy (non-hydrogen) atoms. The van der Waals surface area contributed by atoms with Crippen LogP contribution < -0.4 is 0 Å². The van der Waals surface area contributed by atoms with Gasteiger partial charge in [-0.2, -0.15) is 0 Å². The summed E-state index contributed by atoms with van der Waals surface area (Å²) in [6.07, 6.45) is 4.98. The maximum atomic E-state index is 11.9. The van der Waals surface area contributed by atoms with Crippen molar-refractivity contribution in [2.75, 3.05) is 13.2 Å². The van der Waals surface area contributed by atoms with Gasteiger partial charge in [-0.1, -0.05) is 12.2 Å². The molecule has 2 atom stereocenters. The van der Waals surface area contributed by atoms with Crippen LogP contribution in [-0.4, -0.2) is 25.2 Å². The molecule has 1 fully saturated rings. The van der Waals surface area contributed by atoms with Crippen molar-refractivity contribution in [2.24, 2.45) is 11.3 Å². The molecular weight excluding hydrogens is 196 g/mol. The van der Waals surface area contributed by atoms with E-state index in [1.54, 1.807) is 6.92 Å². The van der Waals surface area contributed by atoms with E-state index in [4.69, 9.17) is 9.47 Å². The lowest BCUT2D eigenvalue weighted by Gasteiger charge is -2.29. The van der Waals surface area contributed by atoms with Gasteiger partial charge in [0.2, 0.25) is 0 Å². The SMILES string of the molecule is CCOC(=O)[C@@]12CC=CC[C@H]1COC2=O. The van der Waals surface area contributed by atoms with E-state index in [1.165, 1.54) is 0 Å². The van der Waals surface area contributed by atoms with Crippen molar-refractivity contribution in [3.8, 4) is 0 Å². The molecular formula is C11H14O4. The molecule has 82 valence electrons. The maximum Gasteiger partial charge on any atom is 0.324 e. The standard InChI is InChI=1S/C11H14O4/c1-2-14-9(12)11-6-4-3-5-8(11)7-15-10(11)13/h3-4,8H,2,5-7H2,1H3/t8-,11+/m0/s1. The quantitative estimate of drug-likeness (QED) is 0.388. The van der Waals surface area contributed by atoms with E-state index in [-0.39, 0.29) is 5.92 Å². The van der Waals surface area contributed by atoms with E-state index in [0.717, 1.165) is 0 Å². The lowest BCUT2D eigenvalue weighted by molar-refractivity contribution is -0.166. The highest BCUT2D eigenvalue weighted by Crippen LogP contribution is 2.45. The summed E-state index contributed by atoms with van der Waals surface area (Å²) in [4.78, 5) is 23.5. The molecule has 4 nitrogen and oxygen atoms in total. The predicted molar refractivity (Wildman–Crippen MR) is 51.9 cm³/mol. The third-order valence-corrected chi connectivity index (χ3v) is 3.14. The van der Waals surface area contributed by atoms with Gasteiger partial charge in [-0.3, -0.25) is 9.59 Å². The largest absolute Gasteiger partial charge is 0.465 e. The number of carbonyl (C=O) groups excluding carboxylic acids is 2. The van der Waals surface area contributed by atoms with Crippen molar-refractivity contribution >= 4 is 11.9 Å². The van der Waals surface area contributed by atoms with Crippen LogP contribution in [0.15, 0.2) is 12.2 Å². The minimum absolute atomic E-state index is 0.0472. The fourth-order valence-corrected chi connectivity index (χ4v) is 2.26. The molecule has 2 rings (SSSR count). The van der Waals surface area contributed by atoms with Crippen molar-refractivity contribution < 1.29 is 19.1 Å². The van der Waals surface area contributed by atoms with E-state index in [2.05, 4.69) is 0 Å². The zero-order valence-electron chi connectivity index (χ0n) is 8.69. The summed E-state index contributed by atoms with van der Waals surface area (Å²) >= 11 is 0. The molecule has 0 unspecified atom stereocenters. The molecule has 0 bridgehead atoms. The van der Waals surface area contributed by atoms with Crippen LogP contribution in [0.1, 0.15) is 19.8 Å². The number of allylic oxidation sites excluding steroid dienone is 2. The molecule has 0 radical (unpaired) electrons. The Hall–Kier alpha value is -1.32. The lowest BCUT2D eigenvalue weighted by Crippen LogP contribution is -2.43. The Bertz CT molecular complexity index is 321. The highest BCUT2D eigenvalue weighted by atomic mass is 16.6. The molecule has 0 N–H and O–H groups in total. The Morgan fingerprint density at radius 2 is 2.47 bits per heavy atom. The molecule has 2 aliphatic rings. The van der Waals surface area contributed by atoms with Gasteiger partial charge in [0.25, 0.3) is 0 Å². The van der Waals surface area contributed by atoms with E-state index in [9.17, 15) is 9.59 Å². The first-order chi connectivity index (χ1) is 7.21. The smallest absolute Gasteiger partial charge is 0.324 e. The van der Waals surface area contributed by atoms with Gasteiger partial charge in [0, 0.05) is 5.92 Å². The minimum atomic E-state index is -1.05. The molecule has 0 aromatic carbocycles. The van der Waals surface area contributed by atoms with Crippen molar-refractivity contribution in [3.05, 3.63) is 12.2 Å². The molecule has 0 amide bonds. The normalized spacial score (nSPS) is 33.4. The predicted octanol–water partition coefficient (Wildman–Crippen LogP) is 1.06. The molecule has 1 heterocycles. The fraction of sp³-hybridized carbons (Fsp3) is 0.636. The van der Waals surface area contributed by atoms with E-state index >= 15 is 0 Å². The van der Waals surface area contributed by atoms with Crippen molar-refractivity contribution in [2.45, 2.75) is 19.8 Å². The summed E-state index contributed by atoms with van der Waals surface area (Å²) in [7, 11) is 0. The molecule has 4 heteroatoms. The maximum absolute atomic E-state index is 11.9. The first kappa shape index (κ1) is 10.2. The van der Waals surface area contributed by atoms with Gasteiger partial charge in [0.1, 0.15) is 0 Å². The van der Waals surface area contributed by atoms with Crippen LogP contribution >= 0.6 is 0 Å². The Morgan fingerprint density at radius 1 is 1.67 bits per heavy atom. The second-order valence-corrected chi connectivity index (χ2v) is 3.90. The Morgan fingerprint density at radius 3 is 3.20 bits per heavy atom. The molecule has 1 aliphatic carbocycles. The van der Waals surface area contributed by atoms with Crippen LogP contribution in [-0.2, 0) is 19.1 Å². The molecule has 1 aliphatic heterocycles. The summed E-state index contributed by atoms with van der Waals surface area (Å²) in [6, 6.07) is 0. The highest BCUT2D eigenvalue weighted by molar-refractivity contribution is 6.02. The molecule has 0 aromatic heterocycles. The molecule has 0 aromatic rings. The second kappa shape index (κ2) is 3.68. The number of hydrogen-bond donors (Lipinski definition) is 0. The van der Waals surface area contributed by atoms with E-state index in [0.29, 0.717) is 26.1 Å². The average molecular weight is 210 g/mol. The summed E-state index contributed by atoms with van der Waals surface area (Å²) in [6.45, 7) is 2.37. The summed E-state index contributed by atoms with van der Waals surface area (Å²) in [5.74, 6) is -0.897. The molecule has 1 saturated heterocycles. The number of ether oxygens (including phenoxy) is 2. The first-order valence-corrected chi connectivity index (χ1v) is 5.21. The number of rotatable bonds is 2. The molecule has 0 saturated carbocycles. The third kappa shape index (κ3) is 1.35. The lowest BCUT2D eigenvalue weighted by atomic mass is 9.70. The summed E-state index contributed by atoms with van der Waals surface area (Å²) in [5, 5.41) is 0. The Labute approximate surface area is 88.2 Å². The first-order valence-electron chi connectivity index (χ1n) is 5.21. The highest BCUT2D eigenvalue weighted by Gasteiger charge is 2.58. The number of fused-ring (bicyclic) bond motifs is 1. The van der Waals surface area contributed by atoms with Gasteiger partial charge in [0.05, 0.1) is 13.2 Å². The van der Waals surface area contributed by atoms with E-state index < -0.39 is 17.4 Å². The van der Waals surface area contributed by atoms with Crippen LogP contribution in [0, 0.1) is 11.3 Å². The Kier molecular flexibility index (Phi) is 2.50. The van der Waals surface area contributed by atoms with Gasteiger partial charge in [-0.15, -0.1) is 0 Å². The molecule has 0 spiro atoms. The number of carbonyl (C=O) groups is 2. The zero-order chi connectivity index (χ0) is 10.9. The zero-order valence-corrected chi connectivity index (χ0v) is 8.69. The van der Waals surface area contributed by atoms with Gasteiger partial charge in [0.15, 0.2) is 5.41 Å². The van der Waals surface area contributed by atoms with Crippen LogP contribution in [0.3, 0.4) is 0 Å². The van der Waals surface area contributed by atoms with Crippen LogP contribution in [0.5, 0.6) is 0 Å². The van der Waals surface area contributed by atoms with Crippen molar-refractivity contribution in [1.82, 2.24) is 0 Å². The van der Waals surface area contributed by atoms with Crippen molar-refractivity contribution in [1.29, 1.82) is 0 Å². The Balaban J connectivity index is 2.31.